The standard InChI is InChI=1S/C12H14O4.2CH4/c1-2-6-9-10(13)15-12(16-11(9)14)7-4-3-5-8-12;;/h2,6H,1,3-5,7-8H2;2*1H4. The van der Waals surface area contributed by atoms with Gasteiger partial charge in [-0.3, -0.25) is 0 Å². The summed E-state index contributed by atoms with van der Waals surface area (Å²) in [5, 5.41) is 0. The van der Waals surface area contributed by atoms with E-state index in [2.05, 4.69) is 6.58 Å². The van der Waals surface area contributed by atoms with Crippen molar-refractivity contribution in [2.45, 2.75) is 52.7 Å². The first-order valence-corrected chi connectivity index (χ1v) is 5.46. The monoisotopic (exact) mass is 254 g/mol. The van der Waals surface area contributed by atoms with Crippen molar-refractivity contribution in [3.05, 3.63) is 24.3 Å². The van der Waals surface area contributed by atoms with Gasteiger partial charge in [0.2, 0.25) is 0 Å². The van der Waals surface area contributed by atoms with Crippen LogP contribution in [0.4, 0.5) is 0 Å². The molecule has 2 rings (SSSR count). The molecule has 4 nitrogen and oxygen atoms in total. The first-order valence-electron chi connectivity index (χ1n) is 5.46. The highest BCUT2D eigenvalue weighted by Crippen LogP contribution is 2.36. The molecule has 102 valence electrons. The maximum Gasteiger partial charge on any atom is 0.348 e. The minimum Gasteiger partial charge on any atom is -0.419 e. The molecule has 0 radical (unpaired) electrons. The zero-order chi connectivity index (χ0) is 11.6. The molecule has 0 atom stereocenters. The van der Waals surface area contributed by atoms with E-state index >= 15 is 0 Å². The first kappa shape index (κ1) is 16.4. The summed E-state index contributed by atoms with van der Waals surface area (Å²) in [6, 6.07) is 0. The quantitative estimate of drug-likeness (QED) is 0.410. The zero-order valence-corrected chi connectivity index (χ0v) is 9.03. The fourth-order valence-electron chi connectivity index (χ4n) is 2.10. The Bertz CT molecular complexity index is 340. The van der Waals surface area contributed by atoms with Gasteiger partial charge in [-0.1, -0.05) is 33.9 Å². The van der Waals surface area contributed by atoms with E-state index < -0.39 is 17.7 Å². The third-order valence-electron chi connectivity index (χ3n) is 2.90. The lowest BCUT2D eigenvalue weighted by Gasteiger charge is -2.38. The maximum absolute atomic E-state index is 11.6. The largest absolute Gasteiger partial charge is 0.419 e. The van der Waals surface area contributed by atoms with Crippen molar-refractivity contribution < 1.29 is 19.1 Å². The van der Waals surface area contributed by atoms with Crippen molar-refractivity contribution in [2.24, 2.45) is 0 Å². The second-order valence-corrected chi connectivity index (χ2v) is 4.07. The van der Waals surface area contributed by atoms with Crippen LogP contribution in [0.25, 0.3) is 0 Å². The normalized spacial score (nSPS) is 21.0. The van der Waals surface area contributed by atoms with Crippen LogP contribution in [0.5, 0.6) is 0 Å². The second-order valence-electron chi connectivity index (χ2n) is 4.07. The second kappa shape index (κ2) is 6.38. The molecule has 0 aromatic heterocycles. The third-order valence-corrected chi connectivity index (χ3v) is 2.90. The number of carbonyl (C=O) groups is 2. The molecule has 1 spiro atoms. The van der Waals surface area contributed by atoms with Crippen LogP contribution in [0, 0.1) is 0 Å². The molecular weight excluding hydrogens is 232 g/mol. The molecule has 0 N–H and O–H groups in total. The smallest absolute Gasteiger partial charge is 0.348 e. The van der Waals surface area contributed by atoms with Crippen molar-refractivity contribution in [3.8, 4) is 0 Å². The molecule has 0 unspecified atom stereocenters. The zero-order valence-electron chi connectivity index (χ0n) is 9.03. The lowest BCUT2D eigenvalue weighted by Crippen LogP contribution is -2.47. The summed E-state index contributed by atoms with van der Waals surface area (Å²) in [4.78, 5) is 23.3. The van der Waals surface area contributed by atoms with E-state index in [1.807, 2.05) is 0 Å². The molecule has 2 fully saturated rings. The molecular formula is C14H22O4. The number of rotatable bonds is 1. The minimum absolute atomic E-state index is 0. The van der Waals surface area contributed by atoms with Crippen LogP contribution in [-0.2, 0) is 19.1 Å². The van der Waals surface area contributed by atoms with Gasteiger partial charge in [-0.25, -0.2) is 9.59 Å². The van der Waals surface area contributed by atoms with E-state index in [4.69, 9.17) is 9.47 Å². The van der Waals surface area contributed by atoms with Gasteiger partial charge in [0.15, 0.2) is 0 Å². The predicted molar refractivity (Wildman–Crippen MR) is 69.7 cm³/mol. The summed E-state index contributed by atoms with van der Waals surface area (Å²) >= 11 is 0. The molecule has 1 aliphatic carbocycles. The fourth-order valence-corrected chi connectivity index (χ4v) is 2.10. The van der Waals surface area contributed by atoms with Gasteiger partial charge < -0.3 is 9.47 Å². The molecule has 1 saturated carbocycles. The van der Waals surface area contributed by atoms with Crippen molar-refractivity contribution >= 4 is 11.9 Å². The Morgan fingerprint density at radius 3 is 1.94 bits per heavy atom. The van der Waals surface area contributed by atoms with Crippen LogP contribution in [0.15, 0.2) is 24.3 Å². The molecule has 18 heavy (non-hydrogen) atoms. The van der Waals surface area contributed by atoms with Gasteiger partial charge >= 0.3 is 11.9 Å². The molecule has 1 heterocycles. The van der Waals surface area contributed by atoms with Crippen molar-refractivity contribution in [2.75, 3.05) is 0 Å². The predicted octanol–water partition coefficient (Wildman–Crippen LogP) is 3.13. The van der Waals surface area contributed by atoms with Crippen LogP contribution >= 0.6 is 0 Å². The van der Waals surface area contributed by atoms with Crippen LogP contribution in [0.3, 0.4) is 0 Å². The lowest BCUT2D eigenvalue weighted by molar-refractivity contribution is -0.244. The van der Waals surface area contributed by atoms with Crippen molar-refractivity contribution in [1.29, 1.82) is 0 Å². The summed E-state index contributed by atoms with van der Waals surface area (Å²) in [5.41, 5.74) is -0.0776. The van der Waals surface area contributed by atoms with E-state index in [1.165, 1.54) is 12.2 Å². The van der Waals surface area contributed by atoms with Crippen LogP contribution < -0.4 is 0 Å². The maximum atomic E-state index is 11.6. The first-order chi connectivity index (χ1) is 7.67. The van der Waals surface area contributed by atoms with E-state index in [1.54, 1.807) is 0 Å². The summed E-state index contributed by atoms with van der Waals surface area (Å²) < 4.78 is 10.5. The van der Waals surface area contributed by atoms with E-state index in [0.29, 0.717) is 12.8 Å². The SMILES string of the molecule is C.C.C=CC=C1C(=O)OC2(CCCCC2)OC1=O. The van der Waals surface area contributed by atoms with Gasteiger partial charge in [-0.05, 0) is 18.9 Å². The molecule has 1 saturated heterocycles. The number of carbonyl (C=O) groups excluding carboxylic acids is 2. The Hall–Kier alpha value is -1.58. The Balaban J connectivity index is 0.00000144. The van der Waals surface area contributed by atoms with Crippen LogP contribution in [-0.4, -0.2) is 17.7 Å². The summed E-state index contributed by atoms with van der Waals surface area (Å²) in [6.07, 6.45) is 6.82. The molecule has 4 heteroatoms. The van der Waals surface area contributed by atoms with E-state index in [0.717, 1.165) is 19.3 Å². The number of hydrogen-bond donors (Lipinski definition) is 0. The third kappa shape index (κ3) is 3.00. The molecule has 0 aromatic carbocycles. The number of esters is 2. The Morgan fingerprint density at radius 2 is 1.50 bits per heavy atom. The van der Waals surface area contributed by atoms with Gasteiger partial charge in [0.25, 0.3) is 5.79 Å². The number of allylic oxidation sites excluding steroid dienone is 2. The van der Waals surface area contributed by atoms with Gasteiger partial charge in [0, 0.05) is 12.8 Å². The Morgan fingerprint density at radius 1 is 1.00 bits per heavy atom. The average molecular weight is 254 g/mol. The highest BCUT2D eigenvalue weighted by Gasteiger charge is 2.46. The van der Waals surface area contributed by atoms with Gasteiger partial charge in [0.1, 0.15) is 5.57 Å². The molecule has 0 amide bonds. The molecule has 1 aliphatic heterocycles. The van der Waals surface area contributed by atoms with E-state index in [-0.39, 0.29) is 20.4 Å². The Labute approximate surface area is 109 Å². The van der Waals surface area contributed by atoms with Crippen molar-refractivity contribution in [3.63, 3.8) is 0 Å². The van der Waals surface area contributed by atoms with Crippen LogP contribution in [0.2, 0.25) is 0 Å². The highest BCUT2D eigenvalue weighted by atomic mass is 16.7. The highest BCUT2D eigenvalue weighted by molar-refractivity contribution is 6.15. The molecule has 0 aromatic rings. The number of ether oxygens (including phenoxy) is 2. The van der Waals surface area contributed by atoms with Crippen molar-refractivity contribution in [1.82, 2.24) is 0 Å². The minimum atomic E-state index is -0.995. The molecule has 2 aliphatic rings. The average Bonchev–Trinajstić information content (AvgIpc) is 2.24. The fraction of sp³-hybridized carbons (Fsp3) is 0.571. The van der Waals surface area contributed by atoms with Gasteiger partial charge in [0.05, 0.1) is 0 Å². The summed E-state index contributed by atoms with van der Waals surface area (Å²) in [6.45, 7) is 3.44. The summed E-state index contributed by atoms with van der Waals surface area (Å²) in [7, 11) is 0. The summed E-state index contributed by atoms with van der Waals surface area (Å²) in [5.74, 6) is -2.19. The Kier molecular flexibility index (Phi) is 5.82. The van der Waals surface area contributed by atoms with Crippen LogP contribution in [0.1, 0.15) is 47.0 Å². The molecule has 0 bridgehead atoms. The van der Waals surface area contributed by atoms with Gasteiger partial charge in [-0.15, -0.1) is 0 Å². The topological polar surface area (TPSA) is 52.6 Å². The number of hydrogen-bond acceptors (Lipinski definition) is 4. The lowest BCUT2D eigenvalue weighted by atomic mass is 9.93. The van der Waals surface area contributed by atoms with E-state index in [9.17, 15) is 9.59 Å². The van der Waals surface area contributed by atoms with Gasteiger partial charge in [-0.2, -0.15) is 0 Å².